The fraction of sp³-hybridized carbons (Fsp3) is 0.353. The molecular weight excluding hydrogens is 1310 g/mol. The van der Waals surface area contributed by atoms with Crippen LogP contribution in [0.3, 0.4) is 0 Å². The van der Waals surface area contributed by atoms with Crippen LogP contribution in [-0.2, 0) is 38.5 Å². The van der Waals surface area contributed by atoms with Crippen molar-refractivity contribution in [3.8, 4) is 66.8 Å². The molecule has 0 unspecified atom stereocenters. The molecule has 12 aromatic rings. The monoisotopic (exact) mass is 1420 g/mol. The van der Waals surface area contributed by atoms with Gasteiger partial charge in [-0.2, -0.15) is 0 Å². The predicted octanol–water partition coefficient (Wildman–Crippen LogP) is 25.2. The number of pyridine rings is 6. The molecule has 0 aliphatic heterocycles. The summed E-state index contributed by atoms with van der Waals surface area (Å²) < 4.78 is 0. The van der Waals surface area contributed by atoms with Crippen LogP contribution in [0.5, 0.6) is 0 Å². The Morgan fingerprint density at radius 3 is 1.16 bits per heavy atom. The van der Waals surface area contributed by atoms with Gasteiger partial charge in [0.05, 0.1) is 34.2 Å². The van der Waals surface area contributed by atoms with E-state index in [4.69, 9.17) is 15.0 Å². The van der Waals surface area contributed by atoms with Crippen LogP contribution in [0.15, 0.2) is 73.2 Å². The zero-order chi connectivity index (χ0) is 78.1. The number of nitrogens with zero attached hydrogens (tertiary/aromatic N) is 6. The van der Waals surface area contributed by atoms with Gasteiger partial charge < -0.3 is 0 Å². The van der Waals surface area contributed by atoms with Crippen molar-refractivity contribution in [1.29, 1.82) is 0 Å². The molecule has 6 nitrogen and oxygen atoms in total. The zero-order valence-corrected chi connectivity index (χ0v) is 70.9. The van der Waals surface area contributed by atoms with Crippen LogP contribution >= 0.6 is 0 Å². The number of benzene rings is 6. The Kier molecular flexibility index (Phi) is 20.5. The maximum atomic E-state index is 4.77. The Morgan fingerprint density at radius 2 is 0.583 bits per heavy atom. The molecule has 6 heterocycles. The molecule has 0 atom stereocenters. The maximum Gasteiger partial charge on any atom is 0.0531 e. The van der Waals surface area contributed by atoms with E-state index in [9.17, 15) is 0 Å². The van der Waals surface area contributed by atoms with Crippen LogP contribution < -0.4 is 0 Å². The average molecular weight is 1420 g/mol. The lowest BCUT2D eigenvalue weighted by atomic mass is 9.89. The second-order valence-corrected chi connectivity index (χ2v) is 33.2. The third-order valence-electron chi connectivity index (χ3n) is 26.9. The molecule has 0 saturated carbocycles. The molecule has 6 aliphatic rings. The summed E-state index contributed by atoms with van der Waals surface area (Å²) in [6.07, 6.45) is 12.0. The van der Waals surface area contributed by atoms with E-state index in [-0.39, 0.29) is 0 Å². The van der Waals surface area contributed by atoms with Gasteiger partial charge >= 0.3 is 0 Å². The number of aromatic nitrogens is 6. The summed E-state index contributed by atoms with van der Waals surface area (Å²) in [6.45, 7) is 66.1. The molecule has 0 fully saturated rings. The van der Waals surface area contributed by atoms with Crippen molar-refractivity contribution in [3.05, 3.63) is 308 Å². The molecule has 552 valence electrons. The van der Waals surface area contributed by atoms with Crippen molar-refractivity contribution < 1.29 is 0 Å². The first-order valence-electron chi connectivity index (χ1n) is 39.3. The second kappa shape index (κ2) is 29.0. The second-order valence-electron chi connectivity index (χ2n) is 33.2. The minimum Gasteiger partial charge on any atom is -0.260 e. The van der Waals surface area contributed by atoms with Gasteiger partial charge in [0.25, 0.3) is 0 Å². The normalized spacial score (nSPS) is 12.5. The number of fused-ring (bicyclic) bond motifs is 18. The Bertz CT molecular complexity index is 5840. The molecule has 0 saturated heterocycles. The molecular formula is C102H114N6. The van der Waals surface area contributed by atoms with E-state index in [1.165, 1.54) is 285 Å². The highest BCUT2D eigenvalue weighted by Gasteiger charge is 2.32. The molecule has 108 heavy (non-hydrogen) atoms. The highest BCUT2D eigenvalue weighted by molar-refractivity contribution is 5.87. The fourth-order valence-electron chi connectivity index (χ4n) is 18.4. The molecule has 0 radical (unpaired) electrons. The lowest BCUT2D eigenvalue weighted by Gasteiger charge is -2.16. The minimum atomic E-state index is 0.999. The van der Waals surface area contributed by atoms with Crippen molar-refractivity contribution >= 4 is 0 Å². The van der Waals surface area contributed by atoms with E-state index >= 15 is 0 Å². The molecule has 6 aromatic heterocycles. The summed E-state index contributed by atoms with van der Waals surface area (Å²) in [4.78, 5) is 28.1. The van der Waals surface area contributed by atoms with Crippen LogP contribution in [0.25, 0.3) is 66.8 Å². The van der Waals surface area contributed by atoms with Gasteiger partial charge in [-0.15, -0.1) is 0 Å². The molecule has 18 rings (SSSR count). The Hall–Kier alpha value is -9.78. The summed E-state index contributed by atoms with van der Waals surface area (Å²) >= 11 is 0. The largest absolute Gasteiger partial charge is 0.260 e. The third-order valence-corrected chi connectivity index (χ3v) is 26.9. The van der Waals surface area contributed by atoms with Crippen LogP contribution in [0.1, 0.15) is 235 Å². The quantitative estimate of drug-likeness (QED) is 0.151. The van der Waals surface area contributed by atoms with E-state index in [0.717, 1.165) is 55.6 Å². The average Bonchev–Trinajstić information content (AvgIpc) is 1.63. The number of hydrogen-bond donors (Lipinski definition) is 0. The molecule has 0 bridgehead atoms. The lowest BCUT2D eigenvalue weighted by Crippen LogP contribution is -1.98. The van der Waals surface area contributed by atoms with E-state index in [0.29, 0.717) is 0 Å². The van der Waals surface area contributed by atoms with Crippen molar-refractivity contribution in [2.24, 2.45) is 0 Å². The van der Waals surface area contributed by atoms with E-state index in [1.807, 2.05) is 18.6 Å². The summed E-state index contributed by atoms with van der Waals surface area (Å²) in [7, 11) is 0. The lowest BCUT2D eigenvalue weighted by molar-refractivity contribution is 1.04. The molecule has 6 aliphatic carbocycles. The van der Waals surface area contributed by atoms with Crippen LogP contribution in [-0.4, -0.2) is 29.9 Å². The smallest absolute Gasteiger partial charge is 0.0531 e. The molecule has 0 N–H and O–H groups in total. The number of rotatable bonds is 0. The zero-order valence-electron chi connectivity index (χ0n) is 70.9. The van der Waals surface area contributed by atoms with Gasteiger partial charge in [0.2, 0.25) is 0 Å². The van der Waals surface area contributed by atoms with Gasteiger partial charge in [0, 0.05) is 108 Å². The standard InChI is InChI=1S/6C17H19N/c1-9-7-15-14(13(5)12(9)4)8-16-17(15)10(2)6-11(3)18-16;1-9-6-15-14(13(5)11(9)3)7-16-17(15)12(4)10(2)8-18-16;1-9-6-15-14(12(4)11(9)3)8-17-16(15)7-10(2)13(5)18-17;1-9-6-10(2)16-14(12(9)4)7-15-17(16)13(5)11(3)8-18-15;1-9-6-15-16(18-8-9)7-14-12(4)10(2)11(3)13(5)17(14)15;1-9-6-7-14-16(18-9)8-15-12(4)10(2)11(3)13(5)17(14)15/h6-7H,8H2,1-5H3;6,8H,7H2,1-5H3;6-7H,8H2,1-5H3;2*6,8H,7H2,1-5H3;6-7H,8H2,1-5H3. The van der Waals surface area contributed by atoms with Crippen LogP contribution in [0, 0.1) is 208 Å². The van der Waals surface area contributed by atoms with Crippen molar-refractivity contribution in [2.75, 3.05) is 0 Å². The highest BCUT2D eigenvalue weighted by atomic mass is 14.7. The minimum absolute atomic E-state index is 0.999. The third kappa shape index (κ3) is 13.1. The maximum absolute atomic E-state index is 4.77. The highest BCUT2D eigenvalue weighted by Crippen LogP contribution is 2.48. The first-order chi connectivity index (χ1) is 51.0. The summed E-state index contributed by atoms with van der Waals surface area (Å²) in [5, 5.41) is 0. The first kappa shape index (κ1) is 76.4. The number of hydrogen-bond acceptors (Lipinski definition) is 6. The summed E-state index contributed by atoms with van der Waals surface area (Å²) in [5.41, 5.74) is 74.4. The molecule has 0 spiro atoms. The van der Waals surface area contributed by atoms with Crippen LogP contribution in [0.4, 0.5) is 0 Å². The fourth-order valence-corrected chi connectivity index (χ4v) is 18.4. The van der Waals surface area contributed by atoms with Crippen molar-refractivity contribution in [1.82, 2.24) is 29.9 Å². The molecule has 6 heteroatoms. The van der Waals surface area contributed by atoms with Gasteiger partial charge in [-0.05, 0) is 449 Å². The Labute approximate surface area is 647 Å². The number of aryl methyl sites for hydroxylation is 13. The van der Waals surface area contributed by atoms with E-state index in [2.05, 4.69) is 277 Å². The van der Waals surface area contributed by atoms with E-state index < -0.39 is 0 Å². The summed E-state index contributed by atoms with van der Waals surface area (Å²) in [6, 6.07) is 20.5. The van der Waals surface area contributed by atoms with Crippen LogP contribution in [0.2, 0.25) is 0 Å². The molecule has 6 aromatic carbocycles. The van der Waals surface area contributed by atoms with Gasteiger partial charge in [-0.25, -0.2) is 0 Å². The van der Waals surface area contributed by atoms with Gasteiger partial charge in [-0.1, -0.05) is 30.3 Å². The summed E-state index contributed by atoms with van der Waals surface area (Å²) in [5.74, 6) is 0. The van der Waals surface area contributed by atoms with Crippen molar-refractivity contribution in [2.45, 2.75) is 246 Å². The first-order valence-corrected chi connectivity index (χ1v) is 39.3. The van der Waals surface area contributed by atoms with Gasteiger partial charge in [0.1, 0.15) is 0 Å². The van der Waals surface area contributed by atoms with Gasteiger partial charge in [0.15, 0.2) is 0 Å². The Balaban J connectivity index is 0.000000114. The Morgan fingerprint density at radius 1 is 0.194 bits per heavy atom. The predicted molar refractivity (Wildman–Crippen MR) is 457 cm³/mol. The van der Waals surface area contributed by atoms with Crippen molar-refractivity contribution in [3.63, 3.8) is 0 Å². The molecule has 0 amide bonds. The van der Waals surface area contributed by atoms with E-state index in [1.54, 1.807) is 0 Å². The SMILES string of the molecule is Cc1cc(C)c2c(c1C)Cc1ncc(C)c(C)c1-2.Cc1cc(C)c2c(n1)Cc1c-2cc(C)c(C)c1C.Cc1cc2c(c(C)c1C)Cc1ncc(C)c(C)c1-2.Cc1cc2c(nc1C)Cc1c-2cc(C)c(C)c1C.Cc1ccc2c(n1)Cc1c(C)c(C)c(C)c(C)c1-2.Cc1cnc2c(c1)-c1c(C)c(C)c(C)c(C)c1C2. The topological polar surface area (TPSA) is 77.3 Å². The van der Waals surface area contributed by atoms with Gasteiger partial charge in [-0.3, -0.25) is 29.9 Å².